The van der Waals surface area contributed by atoms with Crippen LogP contribution in [0.4, 0.5) is 0 Å². The Kier molecular flexibility index (Phi) is 4.36. The van der Waals surface area contributed by atoms with Crippen molar-refractivity contribution in [3.63, 3.8) is 0 Å². The zero-order valence-corrected chi connectivity index (χ0v) is 14.5. The normalized spacial score (nSPS) is 30.0. The summed E-state index contributed by atoms with van der Waals surface area (Å²) in [5.74, 6) is -0.392. The summed E-state index contributed by atoms with van der Waals surface area (Å²) in [5.41, 5.74) is 6.95. The Hall–Kier alpha value is -2.47. The van der Waals surface area contributed by atoms with E-state index in [4.69, 9.17) is 5.73 Å². The van der Waals surface area contributed by atoms with Crippen LogP contribution in [0, 0.1) is 23.7 Å². The molecule has 26 heavy (non-hydrogen) atoms. The van der Waals surface area contributed by atoms with Gasteiger partial charge in [0.15, 0.2) is 0 Å². The minimum absolute atomic E-state index is 0.0836. The largest absolute Gasteiger partial charge is 0.353 e. The molecule has 0 aromatic heterocycles. The fourth-order valence-electron chi connectivity index (χ4n) is 4.57. The van der Waals surface area contributed by atoms with Crippen LogP contribution in [0.2, 0.25) is 0 Å². The Bertz CT molecular complexity index is 731. The lowest BCUT2D eigenvalue weighted by Crippen LogP contribution is -2.45. The smallest absolute Gasteiger partial charge is 0.237 e. The summed E-state index contributed by atoms with van der Waals surface area (Å²) in [4.78, 5) is 38.6. The lowest BCUT2D eigenvalue weighted by molar-refractivity contribution is -0.141. The number of hydrogen-bond acceptors (Lipinski definition) is 4. The maximum absolute atomic E-state index is 12.6. The molecule has 0 radical (unpaired) electrons. The van der Waals surface area contributed by atoms with Gasteiger partial charge in [-0.15, -0.1) is 0 Å². The number of carbonyl (C=O) groups is 3. The lowest BCUT2D eigenvalue weighted by Gasteiger charge is -2.18. The predicted octanol–water partition coefficient (Wildman–Crippen LogP) is 0.480. The van der Waals surface area contributed by atoms with E-state index in [2.05, 4.69) is 17.5 Å². The molecule has 1 aliphatic heterocycles. The molecule has 2 bridgehead atoms. The molecule has 4 rings (SSSR count). The summed E-state index contributed by atoms with van der Waals surface area (Å²) in [5, 5.41) is 2.75. The molecule has 3 amide bonds. The van der Waals surface area contributed by atoms with Crippen molar-refractivity contribution in [1.29, 1.82) is 0 Å². The first kappa shape index (κ1) is 17.0. The summed E-state index contributed by atoms with van der Waals surface area (Å²) in [6.07, 6.45) is 5.52. The number of rotatable bonds is 6. The monoisotopic (exact) mass is 353 g/mol. The standard InChI is InChI=1S/C20H23N3O3/c21-15(10-12-4-2-1-3-5-12)18(24)22-8-9-23-19(25)16-13-6-7-14(11-13)17(16)20(23)26/h1-7,13-17H,8-11,21H2,(H,22,24)/t13?,14?,15-,16?,17?/m0/s1. The van der Waals surface area contributed by atoms with Crippen molar-refractivity contribution in [2.45, 2.75) is 18.9 Å². The second kappa shape index (κ2) is 6.68. The highest BCUT2D eigenvalue weighted by molar-refractivity contribution is 6.06. The van der Waals surface area contributed by atoms with E-state index in [0.29, 0.717) is 6.42 Å². The van der Waals surface area contributed by atoms with Crippen LogP contribution in [-0.2, 0) is 20.8 Å². The molecule has 1 aromatic carbocycles. The molecule has 0 spiro atoms. The van der Waals surface area contributed by atoms with E-state index in [9.17, 15) is 14.4 Å². The molecule has 1 aromatic rings. The summed E-state index contributed by atoms with van der Waals surface area (Å²) in [6.45, 7) is 0.453. The van der Waals surface area contributed by atoms with Crippen LogP contribution in [0.1, 0.15) is 12.0 Å². The Balaban J connectivity index is 1.28. The highest BCUT2D eigenvalue weighted by Crippen LogP contribution is 2.52. The van der Waals surface area contributed by atoms with Gasteiger partial charge in [0.1, 0.15) is 0 Å². The van der Waals surface area contributed by atoms with Gasteiger partial charge in [-0.25, -0.2) is 0 Å². The van der Waals surface area contributed by atoms with Gasteiger partial charge in [0.2, 0.25) is 17.7 Å². The molecule has 3 N–H and O–H groups in total. The van der Waals surface area contributed by atoms with E-state index < -0.39 is 6.04 Å². The van der Waals surface area contributed by atoms with Gasteiger partial charge >= 0.3 is 0 Å². The van der Waals surface area contributed by atoms with Crippen molar-refractivity contribution in [3.8, 4) is 0 Å². The molecular weight excluding hydrogens is 330 g/mol. The first-order valence-electron chi connectivity index (χ1n) is 9.17. The quantitative estimate of drug-likeness (QED) is 0.575. The third kappa shape index (κ3) is 2.84. The van der Waals surface area contributed by atoms with Crippen LogP contribution in [0.5, 0.6) is 0 Å². The van der Waals surface area contributed by atoms with E-state index in [1.807, 2.05) is 30.3 Å². The van der Waals surface area contributed by atoms with Gasteiger partial charge in [0.05, 0.1) is 17.9 Å². The van der Waals surface area contributed by atoms with Crippen molar-refractivity contribution in [2.75, 3.05) is 13.1 Å². The number of nitrogens with one attached hydrogen (secondary N) is 1. The highest BCUT2D eigenvalue weighted by Gasteiger charge is 2.58. The van der Waals surface area contributed by atoms with Crippen molar-refractivity contribution >= 4 is 17.7 Å². The average molecular weight is 353 g/mol. The molecule has 1 heterocycles. The van der Waals surface area contributed by atoms with E-state index in [0.717, 1.165) is 12.0 Å². The number of carbonyl (C=O) groups excluding carboxylic acids is 3. The minimum atomic E-state index is -0.651. The first-order valence-corrected chi connectivity index (χ1v) is 9.17. The average Bonchev–Trinajstić information content (AvgIpc) is 3.32. The number of fused-ring (bicyclic) bond motifs is 5. The number of likely N-dealkylation sites (tertiary alicyclic amines) is 1. The number of imide groups is 1. The van der Waals surface area contributed by atoms with E-state index in [-0.39, 0.29) is 54.5 Å². The lowest BCUT2D eigenvalue weighted by atomic mass is 9.85. The Morgan fingerprint density at radius 2 is 1.73 bits per heavy atom. The van der Waals surface area contributed by atoms with E-state index in [1.54, 1.807) is 0 Å². The fourth-order valence-corrected chi connectivity index (χ4v) is 4.57. The van der Waals surface area contributed by atoms with Crippen LogP contribution in [-0.4, -0.2) is 41.8 Å². The van der Waals surface area contributed by atoms with Crippen molar-refractivity contribution in [3.05, 3.63) is 48.0 Å². The van der Waals surface area contributed by atoms with Crippen molar-refractivity contribution in [2.24, 2.45) is 29.4 Å². The Morgan fingerprint density at radius 3 is 2.35 bits per heavy atom. The van der Waals surface area contributed by atoms with Gasteiger partial charge in [0, 0.05) is 13.1 Å². The van der Waals surface area contributed by atoms with Crippen LogP contribution in [0.15, 0.2) is 42.5 Å². The number of nitrogens with zero attached hydrogens (tertiary/aromatic N) is 1. The summed E-state index contributed by atoms with van der Waals surface area (Å²) in [6, 6.07) is 8.93. The molecule has 6 heteroatoms. The first-order chi connectivity index (χ1) is 12.6. The minimum Gasteiger partial charge on any atom is -0.353 e. The van der Waals surface area contributed by atoms with Crippen LogP contribution in [0.3, 0.4) is 0 Å². The van der Waals surface area contributed by atoms with Gasteiger partial charge < -0.3 is 11.1 Å². The molecule has 2 aliphatic carbocycles. The predicted molar refractivity (Wildman–Crippen MR) is 95.6 cm³/mol. The summed E-state index contributed by atoms with van der Waals surface area (Å²) < 4.78 is 0. The number of benzene rings is 1. The van der Waals surface area contributed by atoms with Crippen LogP contribution >= 0.6 is 0 Å². The van der Waals surface area contributed by atoms with Crippen LogP contribution in [0.25, 0.3) is 0 Å². The third-order valence-electron chi connectivity index (χ3n) is 5.83. The number of hydrogen-bond donors (Lipinski definition) is 2. The Labute approximate surface area is 152 Å². The van der Waals surface area contributed by atoms with E-state index in [1.165, 1.54) is 4.90 Å². The Morgan fingerprint density at radius 1 is 1.12 bits per heavy atom. The molecule has 3 aliphatic rings. The highest BCUT2D eigenvalue weighted by atomic mass is 16.2. The second-order valence-corrected chi connectivity index (χ2v) is 7.42. The number of amides is 3. The van der Waals surface area contributed by atoms with Crippen LogP contribution < -0.4 is 11.1 Å². The molecule has 1 saturated heterocycles. The maximum Gasteiger partial charge on any atom is 0.237 e. The second-order valence-electron chi connectivity index (χ2n) is 7.42. The van der Waals surface area contributed by atoms with Gasteiger partial charge in [-0.1, -0.05) is 42.5 Å². The molecular formula is C20H23N3O3. The molecule has 2 fully saturated rings. The maximum atomic E-state index is 12.6. The molecule has 136 valence electrons. The topological polar surface area (TPSA) is 92.5 Å². The molecule has 6 nitrogen and oxygen atoms in total. The summed E-state index contributed by atoms with van der Waals surface area (Å²) >= 11 is 0. The van der Waals surface area contributed by atoms with Gasteiger partial charge in [0.25, 0.3) is 0 Å². The number of nitrogens with two attached hydrogens (primary N) is 1. The van der Waals surface area contributed by atoms with Crippen molar-refractivity contribution in [1.82, 2.24) is 10.2 Å². The molecule has 1 saturated carbocycles. The SMILES string of the molecule is N[C@@H](Cc1ccccc1)C(=O)NCCN1C(=O)C2C3C=CC(C3)C2C1=O. The fraction of sp³-hybridized carbons (Fsp3) is 0.450. The van der Waals surface area contributed by atoms with Gasteiger partial charge in [-0.05, 0) is 30.2 Å². The van der Waals surface area contributed by atoms with Gasteiger partial charge in [-0.2, -0.15) is 0 Å². The zero-order valence-electron chi connectivity index (χ0n) is 14.5. The summed E-state index contributed by atoms with van der Waals surface area (Å²) in [7, 11) is 0. The zero-order chi connectivity index (χ0) is 18.3. The number of allylic oxidation sites excluding steroid dienone is 2. The van der Waals surface area contributed by atoms with E-state index >= 15 is 0 Å². The molecule has 4 unspecified atom stereocenters. The molecule has 5 atom stereocenters. The van der Waals surface area contributed by atoms with Gasteiger partial charge in [-0.3, -0.25) is 19.3 Å². The third-order valence-corrected chi connectivity index (χ3v) is 5.83. The van der Waals surface area contributed by atoms with Crippen molar-refractivity contribution < 1.29 is 14.4 Å².